The molecule has 0 amide bonds. The van der Waals surface area contributed by atoms with Crippen molar-refractivity contribution in [3.05, 3.63) is 56.2 Å². The van der Waals surface area contributed by atoms with Crippen molar-refractivity contribution in [1.82, 2.24) is 9.97 Å². The maximum atomic E-state index is 12.3. The zero-order valence-electron chi connectivity index (χ0n) is 10.4. The second-order valence-electron chi connectivity index (χ2n) is 4.18. The predicted molar refractivity (Wildman–Crippen MR) is 69.1 cm³/mol. The molecule has 7 heteroatoms. The minimum atomic E-state index is -3.91. The van der Waals surface area contributed by atoms with Crippen molar-refractivity contribution in [2.75, 3.05) is 0 Å². The fraction of sp³-hybridized carbons (Fsp3) is 0.167. The molecule has 0 saturated heterocycles. The molecular formula is C12H12N2O4S. The van der Waals surface area contributed by atoms with E-state index in [0.717, 1.165) is 5.56 Å². The molecule has 1 heterocycles. The van der Waals surface area contributed by atoms with Crippen LogP contribution in [0.1, 0.15) is 11.1 Å². The Labute approximate surface area is 109 Å². The molecule has 2 rings (SSSR count). The highest BCUT2D eigenvalue weighted by Crippen LogP contribution is 2.19. The van der Waals surface area contributed by atoms with Crippen molar-refractivity contribution in [3.63, 3.8) is 0 Å². The topological polar surface area (TPSA) is 99.9 Å². The molecule has 0 aliphatic rings. The first-order valence-electron chi connectivity index (χ1n) is 5.47. The van der Waals surface area contributed by atoms with Crippen molar-refractivity contribution in [1.29, 1.82) is 0 Å². The summed E-state index contributed by atoms with van der Waals surface area (Å²) >= 11 is 0. The molecule has 0 atom stereocenters. The van der Waals surface area contributed by atoms with Crippen molar-refractivity contribution in [2.24, 2.45) is 0 Å². The van der Waals surface area contributed by atoms with E-state index in [-0.39, 0.29) is 15.5 Å². The smallest absolute Gasteiger partial charge is 0.297 e. The Morgan fingerprint density at radius 1 is 0.947 bits per heavy atom. The maximum Gasteiger partial charge on any atom is 0.326 e. The maximum absolute atomic E-state index is 12.3. The normalized spacial score (nSPS) is 11.5. The number of aromatic amines is 2. The highest BCUT2D eigenvalue weighted by atomic mass is 32.2. The fourth-order valence-electron chi connectivity index (χ4n) is 1.63. The summed E-state index contributed by atoms with van der Waals surface area (Å²) < 4.78 is 24.7. The highest BCUT2D eigenvalue weighted by molar-refractivity contribution is 7.91. The molecular weight excluding hydrogens is 268 g/mol. The van der Waals surface area contributed by atoms with E-state index in [1.807, 2.05) is 11.9 Å². The molecule has 0 unspecified atom stereocenters. The number of aryl methyl sites for hydroxylation is 1. The van der Waals surface area contributed by atoms with Gasteiger partial charge in [-0.2, -0.15) is 0 Å². The Hall–Kier alpha value is -2.15. The standard InChI is InChI=1S/C12H12N2O4S/c1-7-3-5-9(6-4-7)19(17,18)11-8(2)10(15)13-12(16)14-11/h3-6H,1-2H3,(H2,13,14,15,16). The van der Waals surface area contributed by atoms with Gasteiger partial charge in [0.15, 0.2) is 0 Å². The SMILES string of the molecule is Cc1ccc(S(=O)(=O)c2[nH]c(=O)[nH]c(=O)c2C)cc1. The Morgan fingerprint density at radius 3 is 2.11 bits per heavy atom. The number of benzene rings is 1. The number of nitrogens with one attached hydrogen (secondary N) is 2. The Kier molecular flexibility index (Phi) is 3.15. The molecule has 6 nitrogen and oxygen atoms in total. The molecule has 100 valence electrons. The summed E-state index contributed by atoms with van der Waals surface area (Å²) in [5.74, 6) is 0. The van der Waals surface area contributed by atoms with Crippen LogP contribution in [0.3, 0.4) is 0 Å². The van der Waals surface area contributed by atoms with Crippen LogP contribution < -0.4 is 11.2 Å². The van der Waals surface area contributed by atoms with Gasteiger partial charge >= 0.3 is 5.69 Å². The molecule has 0 aliphatic heterocycles. The van der Waals surface area contributed by atoms with E-state index >= 15 is 0 Å². The van der Waals surface area contributed by atoms with Crippen LogP contribution in [0.25, 0.3) is 0 Å². The Balaban J connectivity index is 2.74. The summed E-state index contributed by atoms with van der Waals surface area (Å²) in [5, 5.41) is -0.370. The van der Waals surface area contributed by atoms with Crippen molar-refractivity contribution >= 4 is 9.84 Å². The van der Waals surface area contributed by atoms with Crippen molar-refractivity contribution in [2.45, 2.75) is 23.8 Å². The molecule has 0 aliphatic carbocycles. The van der Waals surface area contributed by atoms with E-state index in [1.165, 1.54) is 19.1 Å². The first-order valence-corrected chi connectivity index (χ1v) is 6.95. The van der Waals surface area contributed by atoms with E-state index in [9.17, 15) is 18.0 Å². The molecule has 2 N–H and O–H groups in total. The molecule has 0 spiro atoms. The lowest BCUT2D eigenvalue weighted by molar-refractivity contribution is 0.589. The third-order valence-electron chi connectivity index (χ3n) is 2.74. The number of H-pyrrole nitrogens is 2. The van der Waals surface area contributed by atoms with E-state index in [0.29, 0.717) is 0 Å². The van der Waals surface area contributed by atoms with Gasteiger partial charge in [-0.1, -0.05) is 17.7 Å². The second-order valence-corrected chi connectivity index (χ2v) is 6.07. The van der Waals surface area contributed by atoms with Gasteiger partial charge in [-0.15, -0.1) is 0 Å². The van der Waals surface area contributed by atoms with Crippen LogP contribution >= 0.6 is 0 Å². The molecule has 0 bridgehead atoms. The van der Waals surface area contributed by atoms with Crippen molar-refractivity contribution < 1.29 is 8.42 Å². The van der Waals surface area contributed by atoms with Gasteiger partial charge in [0.25, 0.3) is 5.56 Å². The lowest BCUT2D eigenvalue weighted by Gasteiger charge is -2.06. The number of rotatable bonds is 2. The average molecular weight is 280 g/mol. The van der Waals surface area contributed by atoms with E-state index < -0.39 is 21.1 Å². The molecule has 1 aromatic heterocycles. The lowest BCUT2D eigenvalue weighted by atomic mass is 10.2. The predicted octanol–water partition coefficient (Wildman–Crippen LogP) is 0.513. The Morgan fingerprint density at radius 2 is 1.53 bits per heavy atom. The molecule has 2 aromatic rings. The number of sulfone groups is 1. The van der Waals surface area contributed by atoms with Crippen LogP contribution in [0.4, 0.5) is 0 Å². The summed E-state index contributed by atoms with van der Waals surface area (Å²) in [7, 11) is -3.91. The van der Waals surface area contributed by atoms with Crippen LogP contribution in [0, 0.1) is 13.8 Å². The van der Waals surface area contributed by atoms with E-state index in [2.05, 4.69) is 4.98 Å². The molecule has 19 heavy (non-hydrogen) atoms. The van der Waals surface area contributed by atoms with Crippen LogP contribution in [0.5, 0.6) is 0 Å². The van der Waals surface area contributed by atoms with Gasteiger partial charge in [-0.05, 0) is 26.0 Å². The van der Waals surface area contributed by atoms with Gasteiger partial charge in [0.1, 0.15) is 5.03 Å². The molecule has 1 aromatic carbocycles. The summed E-state index contributed by atoms with van der Waals surface area (Å²) in [6.45, 7) is 3.17. The van der Waals surface area contributed by atoms with Gasteiger partial charge in [0.2, 0.25) is 9.84 Å². The average Bonchev–Trinajstić information content (AvgIpc) is 2.34. The Bertz CT molecular complexity index is 829. The van der Waals surface area contributed by atoms with E-state index in [4.69, 9.17) is 0 Å². The number of hydrogen-bond acceptors (Lipinski definition) is 4. The van der Waals surface area contributed by atoms with Crippen LogP contribution in [0.15, 0.2) is 43.8 Å². The monoisotopic (exact) mass is 280 g/mol. The quantitative estimate of drug-likeness (QED) is 0.783. The van der Waals surface area contributed by atoms with Gasteiger partial charge in [0.05, 0.1) is 10.5 Å². The summed E-state index contributed by atoms with van der Waals surface area (Å²) in [5.41, 5.74) is -0.689. The van der Waals surface area contributed by atoms with Crippen molar-refractivity contribution in [3.8, 4) is 0 Å². The largest absolute Gasteiger partial charge is 0.326 e. The summed E-state index contributed by atoms with van der Waals surface area (Å²) in [6.07, 6.45) is 0. The third kappa shape index (κ3) is 2.37. The molecule has 0 radical (unpaired) electrons. The zero-order valence-corrected chi connectivity index (χ0v) is 11.2. The van der Waals surface area contributed by atoms with Gasteiger partial charge in [-0.25, -0.2) is 13.2 Å². The summed E-state index contributed by atoms with van der Waals surface area (Å²) in [6, 6.07) is 6.16. The molecule has 0 saturated carbocycles. The third-order valence-corrected chi connectivity index (χ3v) is 4.57. The number of hydrogen-bond donors (Lipinski definition) is 2. The van der Waals surface area contributed by atoms with Gasteiger partial charge in [0, 0.05) is 0 Å². The second kappa shape index (κ2) is 4.51. The first-order chi connectivity index (χ1) is 8.82. The first kappa shape index (κ1) is 13.3. The van der Waals surface area contributed by atoms with Gasteiger partial charge < -0.3 is 0 Å². The lowest BCUT2D eigenvalue weighted by Crippen LogP contribution is -2.28. The minimum absolute atomic E-state index is 0.0300. The molecule has 0 fully saturated rings. The minimum Gasteiger partial charge on any atom is -0.297 e. The zero-order chi connectivity index (χ0) is 14.2. The summed E-state index contributed by atoms with van der Waals surface area (Å²) in [4.78, 5) is 26.9. The van der Waals surface area contributed by atoms with Crippen LogP contribution in [0.2, 0.25) is 0 Å². The van der Waals surface area contributed by atoms with Crippen LogP contribution in [-0.2, 0) is 9.84 Å². The fourth-order valence-corrected chi connectivity index (χ4v) is 3.09. The number of aromatic nitrogens is 2. The van der Waals surface area contributed by atoms with Crippen LogP contribution in [-0.4, -0.2) is 18.4 Å². The highest BCUT2D eigenvalue weighted by Gasteiger charge is 2.22. The van der Waals surface area contributed by atoms with E-state index in [1.54, 1.807) is 12.1 Å². The van der Waals surface area contributed by atoms with Gasteiger partial charge in [-0.3, -0.25) is 14.8 Å².